The maximum atomic E-state index is 5.84. The van der Waals surface area contributed by atoms with Crippen LogP contribution >= 0.6 is 0 Å². The SMILES string of the molecule is C[Si](C)(C)Oc1nccnc1O[Si](C)(C)C. The van der Waals surface area contributed by atoms with E-state index in [1.807, 2.05) is 0 Å². The maximum absolute atomic E-state index is 5.84. The quantitative estimate of drug-likeness (QED) is 0.777. The summed E-state index contributed by atoms with van der Waals surface area (Å²) in [5, 5.41) is 0. The van der Waals surface area contributed by atoms with Crippen LogP contribution in [-0.2, 0) is 0 Å². The molecule has 4 nitrogen and oxygen atoms in total. The molecule has 6 heteroatoms. The van der Waals surface area contributed by atoms with Crippen molar-refractivity contribution in [3.05, 3.63) is 12.4 Å². The average Bonchev–Trinajstić information content (AvgIpc) is 2.03. The Hall–Kier alpha value is -0.886. The summed E-state index contributed by atoms with van der Waals surface area (Å²) >= 11 is 0. The lowest BCUT2D eigenvalue weighted by Crippen LogP contribution is -2.33. The van der Waals surface area contributed by atoms with E-state index in [1.165, 1.54) is 0 Å². The van der Waals surface area contributed by atoms with E-state index in [2.05, 4.69) is 49.3 Å². The lowest BCUT2D eigenvalue weighted by atomic mass is 10.7. The summed E-state index contributed by atoms with van der Waals surface area (Å²) in [6, 6.07) is 0. The van der Waals surface area contributed by atoms with Gasteiger partial charge in [-0.1, -0.05) is 0 Å². The lowest BCUT2D eigenvalue weighted by Gasteiger charge is -2.23. The second-order valence-electron chi connectivity index (χ2n) is 5.60. The number of hydrogen-bond acceptors (Lipinski definition) is 4. The topological polar surface area (TPSA) is 44.2 Å². The van der Waals surface area contributed by atoms with E-state index < -0.39 is 16.6 Å². The predicted molar refractivity (Wildman–Crippen MR) is 70.0 cm³/mol. The van der Waals surface area contributed by atoms with E-state index in [4.69, 9.17) is 8.85 Å². The van der Waals surface area contributed by atoms with Gasteiger partial charge in [0.05, 0.1) is 0 Å². The van der Waals surface area contributed by atoms with Gasteiger partial charge in [-0.2, -0.15) is 0 Å². The van der Waals surface area contributed by atoms with Crippen molar-refractivity contribution in [1.82, 2.24) is 9.97 Å². The van der Waals surface area contributed by atoms with Gasteiger partial charge in [0.1, 0.15) is 0 Å². The van der Waals surface area contributed by atoms with E-state index in [0.717, 1.165) is 0 Å². The Balaban J connectivity index is 2.92. The molecule has 0 aromatic carbocycles. The standard InChI is InChI=1S/C10H20N2O2Si2/c1-15(2,3)13-9-10(12-8-7-11-9)14-16(4,5)6/h7-8H,1-6H3. The van der Waals surface area contributed by atoms with Crippen molar-refractivity contribution in [1.29, 1.82) is 0 Å². The van der Waals surface area contributed by atoms with E-state index in [-0.39, 0.29) is 0 Å². The second-order valence-corrected chi connectivity index (χ2v) is 14.5. The maximum Gasteiger partial charge on any atom is 0.263 e. The second kappa shape index (κ2) is 4.54. The molecule has 90 valence electrons. The van der Waals surface area contributed by atoms with E-state index in [1.54, 1.807) is 12.4 Å². The third-order valence-corrected chi connectivity index (χ3v) is 3.05. The highest BCUT2D eigenvalue weighted by Crippen LogP contribution is 2.25. The molecule has 0 radical (unpaired) electrons. The summed E-state index contributed by atoms with van der Waals surface area (Å²) in [4.78, 5) is 8.39. The minimum atomic E-state index is -1.67. The summed E-state index contributed by atoms with van der Waals surface area (Å²) in [6.45, 7) is 12.7. The number of nitrogens with zero attached hydrogens (tertiary/aromatic N) is 2. The van der Waals surface area contributed by atoms with Crippen molar-refractivity contribution in [2.24, 2.45) is 0 Å². The highest BCUT2D eigenvalue weighted by atomic mass is 28.4. The van der Waals surface area contributed by atoms with Gasteiger partial charge in [-0.15, -0.1) is 0 Å². The first kappa shape index (κ1) is 13.2. The molecule has 0 aliphatic rings. The van der Waals surface area contributed by atoms with Gasteiger partial charge in [0.25, 0.3) is 11.8 Å². The Labute approximate surface area is 99.3 Å². The van der Waals surface area contributed by atoms with Gasteiger partial charge < -0.3 is 8.85 Å². The van der Waals surface area contributed by atoms with Gasteiger partial charge in [-0.3, -0.25) is 0 Å². The molecule has 1 aromatic heterocycles. The molecular weight excluding hydrogens is 236 g/mol. The zero-order valence-electron chi connectivity index (χ0n) is 10.9. The van der Waals surface area contributed by atoms with Gasteiger partial charge in [0, 0.05) is 12.4 Å². The van der Waals surface area contributed by atoms with Crippen LogP contribution in [0.25, 0.3) is 0 Å². The fraction of sp³-hybridized carbons (Fsp3) is 0.600. The molecule has 0 saturated carbocycles. The molecule has 0 unspecified atom stereocenters. The van der Waals surface area contributed by atoms with Crippen LogP contribution in [0.1, 0.15) is 0 Å². The van der Waals surface area contributed by atoms with E-state index in [0.29, 0.717) is 11.8 Å². The summed E-state index contributed by atoms with van der Waals surface area (Å²) < 4.78 is 11.7. The zero-order valence-corrected chi connectivity index (χ0v) is 12.9. The molecule has 1 rings (SSSR count). The monoisotopic (exact) mass is 256 g/mol. The minimum Gasteiger partial charge on any atom is -0.528 e. The third-order valence-electron chi connectivity index (χ3n) is 1.44. The van der Waals surface area contributed by atoms with Crippen LogP contribution < -0.4 is 8.85 Å². The molecule has 0 saturated heterocycles. The molecule has 0 amide bonds. The van der Waals surface area contributed by atoms with E-state index in [9.17, 15) is 0 Å². The number of hydrogen-bond donors (Lipinski definition) is 0. The Morgan fingerprint density at radius 3 is 1.31 bits per heavy atom. The van der Waals surface area contributed by atoms with Crippen molar-refractivity contribution in [2.45, 2.75) is 39.3 Å². The Morgan fingerprint density at radius 1 is 0.750 bits per heavy atom. The molecule has 0 spiro atoms. The third kappa shape index (κ3) is 4.76. The van der Waals surface area contributed by atoms with Crippen molar-refractivity contribution in [2.75, 3.05) is 0 Å². The minimum absolute atomic E-state index is 0.532. The molecule has 0 fully saturated rings. The fourth-order valence-electron chi connectivity index (χ4n) is 1.03. The van der Waals surface area contributed by atoms with Gasteiger partial charge in [0.15, 0.2) is 0 Å². The van der Waals surface area contributed by atoms with Crippen LogP contribution in [0.15, 0.2) is 12.4 Å². The summed E-state index contributed by atoms with van der Waals surface area (Å²) in [7, 11) is -3.34. The van der Waals surface area contributed by atoms with Crippen molar-refractivity contribution < 1.29 is 8.85 Å². The van der Waals surface area contributed by atoms with Crippen LogP contribution in [0, 0.1) is 0 Å². The molecule has 16 heavy (non-hydrogen) atoms. The van der Waals surface area contributed by atoms with Crippen molar-refractivity contribution >= 4 is 16.6 Å². The van der Waals surface area contributed by atoms with Gasteiger partial charge in [0.2, 0.25) is 16.6 Å². The molecule has 0 atom stereocenters. The van der Waals surface area contributed by atoms with Gasteiger partial charge in [-0.05, 0) is 39.3 Å². The van der Waals surface area contributed by atoms with Gasteiger partial charge >= 0.3 is 0 Å². The van der Waals surface area contributed by atoms with Crippen LogP contribution in [0.3, 0.4) is 0 Å². The van der Waals surface area contributed by atoms with Crippen LogP contribution in [0.5, 0.6) is 11.8 Å². The highest BCUT2D eigenvalue weighted by molar-refractivity contribution is 6.71. The highest BCUT2D eigenvalue weighted by Gasteiger charge is 2.24. The normalized spacial score (nSPS) is 12.4. The molecule has 1 aromatic rings. The molecular formula is C10H20N2O2Si2. The Morgan fingerprint density at radius 2 is 1.06 bits per heavy atom. The molecule has 1 heterocycles. The predicted octanol–water partition coefficient (Wildman–Crippen LogP) is 2.90. The summed E-state index contributed by atoms with van der Waals surface area (Å²) in [5.41, 5.74) is 0. The molecule has 0 aliphatic heterocycles. The molecule has 0 N–H and O–H groups in total. The van der Waals surface area contributed by atoms with Crippen LogP contribution in [-0.4, -0.2) is 26.6 Å². The number of aromatic nitrogens is 2. The smallest absolute Gasteiger partial charge is 0.263 e. The van der Waals surface area contributed by atoms with Crippen LogP contribution in [0.2, 0.25) is 39.3 Å². The lowest BCUT2D eigenvalue weighted by molar-refractivity contribution is 0.457. The fourth-order valence-corrected chi connectivity index (χ4v) is 2.47. The average molecular weight is 256 g/mol. The summed E-state index contributed by atoms with van der Waals surface area (Å²) in [5.74, 6) is 1.06. The first-order valence-corrected chi connectivity index (χ1v) is 12.2. The Bertz CT molecular complexity index is 324. The first-order chi connectivity index (χ1) is 7.17. The number of rotatable bonds is 4. The largest absolute Gasteiger partial charge is 0.528 e. The van der Waals surface area contributed by atoms with Gasteiger partial charge in [-0.25, -0.2) is 9.97 Å². The van der Waals surface area contributed by atoms with Crippen molar-refractivity contribution in [3.63, 3.8) is 0 Å². The Kier molecular flexibility index (Phi) is 3.74. The zero-order chi connectivity index (χ0) is 12.4. The van der Waals surface area contributed by atoms with Crippen molar-refractivity contribution in [3.8, 4) is 11.8 Å². The summed E-state index contributed by atoms with van der Waals surface area (Å²) in [6.07, 6.45) is 3.26. The van der Waals surface area contributed by atoms with Crippen LogP contribution in [0.4, 0.5) is 0 Å². The molecule has 0 aliphatic carbocycles. The van der Waals surface area contributed by atoms with E-state index >= 15 is 0 Å². The first-order valence-electron chi connectivity index (χ1n) is 5.36. The molecule has 0 bridgehead atoms.